The van der Waals surface area contributed by atoms with E-state index in [0.717, 1.165) is 0 Å². The molecule has 0 aliphatic carbocycles. The van der Waals surface area contributed by atoms with E-state index in [-0.39, 0.29) is 11.3 Å². The van der Waals surface area contributed by atoms with Crippen LogP contribution in [0.2, 0.25) is 0 Å². The normalized spacial score (nSPS) is 10.3. The van der Waals surface area contributed by atoms with Crippen molar-refractivity contribution in [3.63, 3.8) is 0 Å². The second-order valence-corrected chi connectivity index (χ2v) is 2.70. The van der Waals surface area contributed by atoms with Crippen LogP contribution in [0.25, 0.3) is 0 Å². The molecule has 0 saturated carbocycles. The molecule has 0 spiro atoms. The number of benzene rings is 1. The van der Waals surface area contributed by atoms with Gasteiger partial charge in [0.25, 0.3) is 0 Å². The van der Waals surface area contributed by atoms with Crippen molar-refractivity contribution in [3.8, 4) is 0 Å². The van der Waals surface area contributed by atoms with Gasteiger partial charge in [-0.15, -0.1) is 0 Å². The minimum Gasteiger partial charge on any atom is -0.399 e. The zero-order valence-electron chi connectivity index (χ0n) is 7.46. The van der Waals surface area contributed by atoms with Gasteiger partial charge in [0, 0.05) is 5.69 Å². The van der Waals surface area contributed by atoms with Crippen LogP contribution < -0.4 is 5.73 Å². The SMILES string of the molecule is Cc1cccc(C(=O)OC(F)F)c1N. The van der Waals surface area contributed by atoms with E-state index in [9.17, 15) is 13.6 Å². The lowest BCUT2D eigenvalue weighted by Crippen LogP contribution is -2.12. The highest BCUT2D eigenvalue weighted by molar-refractivity contribution is 5.95. The Hall–Kier alpha value is -1.65. The van der Waals surface area contributed by atoms with Crippen LogP contribution in [0, 0.1) is 6.92 Å². The van der Waals surface area contributed by atoms with Crippen LogP contribution >= 0.6 is 0 Å². The summed E-state index contributed by atoms with van der Waals surface area (Å²) in [6.07, 6.45) is 0. The lowest BCUT2D eigenvalue weighted by atomic mass is 10.1. The van der Waals surface area contributed by atoms with E-state index < -0.39 is 12.6 Å². The van der Waals surface area contributed by atoms with Crippen molar-refractivity contribution in [1.29, 1.82) is 0 Å². The van der Waals surface area contributed by atoms with Gasteiger partial charge < -0.3 is 10.5 Å². The Morgan fingerprint density at radius 1 is 1.50 bits per heavy atom. The fourth-order valence-electron chi connectivity index (χ4n) is 1.00. The molecule has 14 heavy (non-hydrogen) atoms. The fraction of sp³-hybridized carbons (Fsp3) is 0.222. The molecule has 0 radical (unpaired) electrons. The smallest absolute Gasteiger partial charge is 0.389 e. The average molecular weight is 201 g/mol. The monoisotopic (exact) mass is 201 g/mol. The third kappa shape index (κ3) is 2.18. The quantitative estimate of drug-likeness (QED) is 0.587. The summed E-state index contributed by atoms with van der Waals surface area (Å²) in [6.45, 7) is -1.45. The number of rotatable bonds is 2. The maximum absolute atomic E-state index is 11.7. The molecule has 5 heteroatoms. The molecule has 0 unspecified atom stereocenters. The third-order valence-corrected chi connectivity index (χ3v) is 1.74. The maximum atomic E-state index is 11.7. The molecule has 0 saturated heterocycles. The molecule has 2 N–H and O–H groups in total. The highest BCUT2D eigenvalue weighted by Crippen LogP contribution is 2.18. The first-order valence-electron chi connectivity index (χ1n) is 3.86. The van der Waals surface area contributed by atoms with Gasteiger partial charge in [-0.1, -0.05) is 12.1 Å². The van der Waals surface area contributed by atoms with Crippen molar-refractivity contribution < 1.29 is 18.3 Å². The molecule has 0 bridgehead atoms. The van der Waals surface area contributed by atoms with E-state index in [0.29, 0.717) is 5.56 Å². The van der Waals surface area contributed by atoms with Crippen LogP contribution in [0.4, 0.5) is 14.5 Å². The first kappa shape index (κ1) is 10.4. The molecule has 0 amide bonds. The summed E-state index contributed by atoms with van der Waals surface area (Å²) >= 11 is 0. The number of alkyl halides is 2. The van der Waals surface area contributed by atoms with Gasteiger partial charge in [0.1, 0.15) is 0 Å². The van der Waals surface area contributed by atoms with Gasteiger partial charge in [-0.25, -0.2) is 4.79 Å². The number of aryl methyl sites for hydroxylation is 1. The van der Waals surface area contributed by atoms with Gasteiger partial charge in [-0.05, 0) is 18.6 Å². The minimum absolute atomic E-state index is 0.0368. The summed E-state index contributed by atoms with van der Waals surface area (Å²) in [4.78, 5) is 11.0. The van der Waals surface area contributed by atoms with Crippen LogP contribution in [0.1, 0.15) is 15.9 Å². The highest BCUT2D eigenvalue weighted by Gasteiger charge is 2.16. The number of carbonyl (C=O) groups is 1. The van der Waals surface area contributed by atoms with Gasteiger partial charge >= 0.3 is 12.6 Å². The standard InChI is InChI=1S/C9H9F2NO2/c1-5-3-2-4-6(7(5)12)8(13)14-9(10)11/h2-4,9H,12H2,1H3. The summed E-state index contributed by atoms with van der Waals surface area (Å²) in [5.74, 6) is -1.11. The zero-order valence-corrected chi connectivity index (χ0v) is 7.46. The predicted molar refractivity (Wildman–Crippen MR) is 47.0 cm³/mol. The number of esters is 1. The number of para-hydroxylation sites is 1. The van der Waals surface area contributed by atoms with Crippen LogP contribution in [0.5, 0.6) is 0 Å². The van der Waals surface area contributed by atoms with Crippen LogP contribution in [-0.4, -0.2) is 12.6 Å². The predicted octanol–water partition coefficient (Wildman–Crippen LogP) is 1.96. The molecule has 1 aromatic rings. The number of halogens is 2. The van der Waals surface area contributed by atoms with Gasteiger partial charge in [0.05, 0.1) is 5.56 Å². The molecule has 3 nitrogen and oxygen atoms in total. The Labute approximate surface area is 79.5 Å². The van der Waals surface area contributed by atoms with E-state index in [4.69, 9.17) is 5.73 Å². The molecule has 0 aliphatic heterocycles. The van der Waals surface area contributed by atoms with E-state index in [1.807, 2.05) is 0 Å². The second-order valence-electron chi connectivity index (χ2n) is 2.70. The molecule has 0 aliphatic rings. The maximum Gasteiger partial charge on any atom is 0.389 e. The third-order valence-electron chi connectivity index (χ3n) is 1.74. The van der Waals surface area contributed by atoms with Crippen LogP contribution in [-0.2, 0) is 4.74 Å². The van der Waals surface area contributed by atoms with Gasteiger partial charge in [-0.3, -0.25) is 0 Å². The Morgan fingerprint density at radius 3 is 2.71 bits per heavy atom. The van der Waals surface area contributed by atoms with Gasteiger partial charge in [0.2, 0.25) is 0 Å². The van der Waals surface area contributed by atoms with E-state index >= 15 is 0 Å². The van der Waals surface area contributed by atoms with E-state index in [2.05, 4.69) is 4.74 Å². The number of nitrogen functional groups attached to an aromatic ring is 1. The Balaban J connectivity index is 2.96. The van der Waals surface area contributed by atoms with E-state index in [1.165, 1.54) is 6.07 Å². The molecule has 1 aromatic carbocycles. The number of carbonyl (C=O) groups excluding carboxylic acids is 1. The molecule has 0 atom stereocenters. The minimum atomic E-state index is -3.12. The molecule has 1 rings (SSSR count). The lowest BCUT2D eigenvalue weighted by molar-refractivity contribution is -0.0905. The van der Waals surface area contributed by atoms with Crippen molar-refractivity contribution in [2.45, 2.75) is 13.5 Å². The molecule has 0 fully saturated rings. The highest BCUT2D eigenvalue weighted by atomic mass is 19.3. The van der Waals surface area contributed by atoms with Gasteiger partial charge in [0.15, 0.2) is 0 Å². The Bertz CT molecular complexity index is 353. The topological polar surface area (TPSA) is 52.3 Å². The van der Waals surface area contributed by atoms with E-state index in [1.54, 1.807) is 19.1 Å². The Kier molecular flexibility index (Phi) is 3.01. The summed E-state index contributed by atoms with van der Waals surface area (Å²) in [6, 6.07) is 4.56. The number of ether oxygens (including phenoxy) is 1. The molecule has 0 heterocycles. The molecular formula is C9H9F2NO2. The van der Waals surface area contributed by atoms with Crippen molar-refractivity contribution >= 4 is 11.7 Å². The summed E-state index contributed by atoms with van der Waals surface area (Å²) in [7, 11) is 0. The summed E-state index contributed by atoms with van der Waals surface area (Å²) in [5.41, 5.74) is 6.29. The van der Waals surface area contributed by atoms with Crippen molar-refractivity contribution in [2.75, 3.05) is 5.73 Å². The fourth-order valence-corrected chi connectivity index (χ4v) is 1.00. The van der Waals surface area contributed by atoms with Gasteiger partial charge in [-0.2, -0.15) is 8.78 Å². The number of hydrogen-bond acceptors (Lipinski definition) is 3. The Morgan fingerprint density at radius 2 is 2.14 bits per heavy atom. The second kappa shape index (κ2) is 4.04. The van der Waals surface area contributed by atoms with Crippen LogP contribution in [0.15, 0.2) is 18.2 Å². The van der Waals surface area contributed by atoms with Crippen LogP contribution in [0.3, 0.4) is 0 Å². The van der Waals surface area contributed by atoms with Crippen molar-refractivity contribution in [2.24, 2.45) is 0 Å². The van der Waals surface area contributed by atoms with Crippen molar-refractivity contribution in [1.82, 2.24) is 0 Å². The zero-order chi connectivity index (χ0) is 10.7. The number of anilines is 1. The summed E-state index contributed by atoms with van der Waals surface area (Å²) < 4.78 is 27.2. The average Bonchev–Trinajstić information content (AvgIpc) is 2.08. The molecule has 76 valence electrons. The largest absolute Gasteiger partial charge is 0.399 e. The summed E-state index contributed by atoms with van der Waals surface area (Å²) in [5, 5.41) is 0. The first-order chi connectivity index (χ1) is 6.52. The molecule has 0 aromatic heterocycles. The van der Waals surface area contributed by atoms with Crippen molar-refractivity contribution in [3.05, 3.63) is 29.3 Å². The number of hydrogen-bond donors (Lipinski definition) is 1. The lowest BCUT2D eigenvalue weighted by Gasteiger charge is -2.07. The number of nitrogens with two attached hydrogens (primary N) is 1. The molecular weight excluding hydrogens is 192 g/mol. The first-order valence-corrected chi connectivity index (χ1v) is 3.86.